The van der Waals surface area contributed by atoms with Gasteiger partial charge in [0.15, 0.2) is 0 Å². The van der Waals surface area contributed by atoms with Gasteiger partial charge in [-0.05, 0) is 49.2 Å². The predicted octanol–water partition coefficient (Wildman–Crippen LogP) is 3.35. The molecule has 0 atom stereocenters. The highest BCUT2D eigenvalue weighted by Crippen LogP contribution is 2.19. The summed E-state index contributed by atoms with van der Waals surface area (Å²) in [4.78, 5) is 4.38. The fourth-order valence-electron chi connectivity index (χ4n) is 1.96. The van der Waals surface area contributed by atoms with E-state index < -0.39 is 10.0 Å². The lowest BCUT2D eigenvalue weighted by molar-refractivity contribution is 0.340. The number of hydrogen-bond acceptors (Lipinski definition) is 5. The summed E-state index contributed by atoms with van der Waals surface area (Å²) in [5.74, 6) is 1.86. The minimum absolute atomic E-state index is 0.174. The van der Waals surface area contributed by atoms with Gasteiger partial charge in [0.05, 0.1) is 23.4 Å². The molecule has 6 nitrogen and oxygen atoms in total. The third-order valence-corrected chi connectivity index (χ3v) is 4.55. The quantitative estimate of drug-likeness (QED) is 0.764. The van der Waals surface area contributed by atoms with E-state index in [0.29, 0.717) is 29.8 Å². The smallest absolute Gasteiger partial charge is 0.261 e. The summed E-state index contributed by atoms with van der Waals surface area (Å²) < 4.78 is 32.6. The van der Waals surface area contributed by atoms with Gasteiger partial charge >= 0.3 is 0 Å². The van der Waals surface area contributed by atoms with Crippen LogP contribution >= 0.6 is 0 Å². The molecule has 0 bridgehead atoms. The van der Waals surface area contributed by atoms with Gasteiger partial charge in [0.2, 0.25) is 0 Å². The highest BCUT2D eigenvalue weighted by molar-refractivity contribution is 7.92. The van der Waals surface area contributed by atoms with E-state index >= 15 is 0 Å². The Morgan fingerprint density at radius 1 is 1.12 bits per heavy atom. The molecule has 7 heteroatoms. The molecule has 0 aliphatic carbocycles. The second kappa shape index (κ2) is 8.01. The van der Waals surface area contributed by atoms with Crippen molar-refractivity contribution in [2.45, 2.75) is 25.7 Å². The number of anilines is 2. The Bertz CT molecular complexity index is 742. The van der Waals surface area contributed by atoms with E-state index in [2.05, 4.69) is 28.9 Å². The van der Waals surface area contributed by atoms with Crippen LogP contribution in [0, 0.1) is 5.92 Å². The van der Waals surface area contributed by atoms with Gasteiger partial charge in [-0.3, -0.25) is 4.72 Å². The summed E-state index contributed by atoms with van der Waals surface area (Å²) in [6.07, 6.45) is 1.49. The van der Waals surface area contributed by atoms with Crippen molar-refractivity contribution in [2.75, 3.05) is 23.2 Å². The monoisotopic (exact) mass is 349 g/mol. The van der Waals surface area contributed by atoms with Crippen LogP contribution in [0.4, 0.5) is 11.5 Å². The molecular formula is C17H23N3O3S. The Labute approximate surface area is 143 Å². The van der Waals surface area contributed by atoms with E-state index in [0.717, 1.165) is 6.54 Å². The Morgan fingerprint density at radius 3 is 2.38 bits per heavy atom. The third kappa shape index (κ3) is 5.13. The molecule has 24 heavy (non-hydrogen) atoms. The molecule has 0 aliphatic heterocycles. The minimum atomic E-state index is -3.65. The van der Waals surface area contributed by atoms with Crippen LogP contribution in [0.3, 0.4) is 0 Å². The first-order valence-corrected chi connectivity index (χ1v) is 9.34. The van der Waals surface area contributed by atoms with E-state index in [9.17, 15) is 8.42 Å². The molecule has 0 amide bonds. The molecule has 2 N–H and O–H groups in total. The molecular weight excluding hydrogens is 326 g/mol. The van der Waals surface area contributed by atoms with E-state index in [4.69, 9.17) is 4.74 Å². The molecule has 0 spiro atoms. The van der Waals surface area contributed by atoms with Crippen molar-refractivity contribution in [1.82, 2.24) is 4.98 Å². The second-order valence-electron chi connectivity index (χ2n) is 5.72. The maximum Gasteiger partial charge on any atom is 0.261 e. The first kappa shape index (κ1) is 18.1. The molecule has 0 unspecified atom stereocenters. The topological polar surface area (TPSA) is 80.3 Å². The highest BCUT2D eigenvalue weighted by Gasteiger charge is 2.14. The van der Waals surface area contributed by atoms with Gasteiger partial charge < -0.3 is 10.1 Å². The van der Waals surface area contributed by atoms with Crippen LogP contribution in [-0.4, -0.2) is 26.6 Å². The summed E-state index contributed by atoms with van der Waals surface area (Å²) in [7, 11) is -3.65. The average Bonchev–Trinajstić information content (AvgIpc) is 2.55. The number of ether oxygens (including phenoxy) is 1. The zero-order chi connectivity index (χ0) is 17.6. The zero-order valence-electron chi connectivity index (χ0n) is 14.1. The fraction of sp³-hybridized carbons (Fsp3) is 0.353. The normalized spacial score (nSPS) is 11.3. The van der Waals surface area contributed by atoms with E-state index in [1.54, 1.807) is 24.3 Å². The van der Waals surface area contributed by atoms with Gasteiger partial charge in [0, 0.05) is 6.54 Å². The number of nitrogens with zero attached hydrogens (tertiary/aromatic N) is 1. The maximum atomic E-state index is 12.4. The van der Waals surface area contributed by atoms with Crippen molar-refractivity contribution in [2.24, 2.45) is 5.92 Å². The van der Waals surface area contributed by atoms with E-state index in [-0.39, 0.29) is 4.90 Å². The molecule has 1 aromatic carbocycles. The first-order chi connectivity index (χ1) is 11.4. The molecule has 0 saturated heterocycles. The maximum absolute atomic E-state index is 12.4. The number of rotatable bonds is 8. The van der Waals surface area contributed by atoms with Gasteiger partial charge in [-0.25, -0.2) is 13.4 Å². The van der Waals surface area contributed by atoms with Crippen molar-refractivity contribution in [3.8, 4) is 5.75 Å². The molecule has 1 aromatic heterocycles. The van der Waals surface area contributed by atoms with Crippen LogP contribution in [0.15, 0.2) is 47.5 Å². The van der Waals surface area contributed by atoms with Crippen LogP contribution in [0.5, 0.6) is 5.75 Å². The average molecular weight is 349 g/mol. The van der Waals surface area contributed by atoms with Crippen LogP contribution in [0.2, 0.25) is 0 Å². The summed E-state index contributed by atoms with van der Waals surface area (Å²) in [6, 6.07) is 9.73. The third-order valence-electron chi connectivity index (χ3n) is 3.15. The second-order valence-corrected chi connectivity index (χ2v) is 7.40. The lowest BCUT2D eigenvalue weighted by Crippen LogP contribution is -2.13. The number of pyridine rings is 1. The largest absolute Gasteiger partial charge is 0.494 e. The highest BCUT2D eigenvalue weighted by atomic mass is 32.2. The van der Waals surface area contributed by atoms with Crippen molar-refractivity contribution < 1.29 is 13.2 Å². The lowest BCUT2D eigenvalue weighted by atomic mass is 10.2. The van der Waals surface area contributed by atoms with Crippen LogP contribution in [-0.2, 0) is 10.0 Å². The van der Waals surface area contributed by atoms with Crippen LogP contribution < -0.4 is 14.8 Å². The Hall–Kier alpha value is -2.28. The Balaban J connectivity index is 2.05. The van der Waals surface area contributed by atoms with Crippen LogP contribution in [0.25, 0.3) is 0 Å². The molecule has 2 aromatic rings. The van der Waals surface area contributed by atoms with Crippen molar-refractivity contribution in [3.63, 3.8) is 0 Å². The van der Waals surface area contributed by atoms with Crippen LogP contribution in [0.1, 0.15) is 20.8 Å². The van der Waals surface area contributed by atoms with E-state index in [1.807, 2.05) is 6.92 Å². The summed E-state index contributed by atoms with van der Waals surface area (Å²) >= 11 is 0. The predicted molar refractivity (Wildman–Crippen MR) is 96.0 cm³/mol. The number of sulfonamides is 1. The number of aromatic nitrogens is 1. The molecule has 2 rings (SSSR count). The number of nitrogens with one attached hydrogen (secondary N) is 2. The van der Waals surface area contributed by atoms with Gasteiger partial charge in [0.25, 0.3) is 10.0 Å². The molecule has 130 valence electrons. The number of benzene rings is 1. The van der Waals surface area contributed by atoms with Gasteiger partial charge in [-0.1, -0.05) is 13.8 Å². The minimum Gasteiger partial charge on any atom is -0.494 e. The standard InChI is InChI=1S/C17H23N3O3S/c1-4-23-15-6-8-16(9-7-15)24(21,22)20-14-5-10-17(19-12-14)18-11-13(2)3/h5-10,12-13,20H,4,11H2,1-3H3,(H,18,19). The first-order valence-electron chi connectivity index (χ1n) is 7.86. The molecule has 1 heterocycles. The van der Waals surface area contributed by atoms with Gasteiger partial charge in [-0.15, -0.1) is 0 Å². The molecule has 0 fully saturated rings. The van der Waals surface area contributed by atoms with Crippen molar-refractivity contribution in [1.29, 1.82) is 0 Å². The summed E-state index contributed by atoms with van der Waals surface area (Å²) in [5, 5.41) is 3.18. The fourth-order valence-corrected chi connectivity index (χ4v) is 3.01. The van der Waals surface area contributed by atoms with Crippen molar-refractivity contribution in [3.05, 3.63) is 42.6 Å². The summed E-state index contributed by atoms with van der Waals surface area (Å²) in [5.41, 5.74) is 0.416. The summed E-state index contributed by atoms with van der Waals surface area (Å²) in [6.45, 7) is 7.43. The number of hydrogen-bond donors (Lipinski definition) is 2. The van der Waals surface area contributed by atoms with E-state index in [1.165, 1.54) is 18.3 Å². The van der Waals surface area contributed by atoms with Crippen molar-refractivity contribution >= 4 is 21.5 Å². The Kier molecular flexibility index (Phi) is 6.03. The SMILES string of the molecule is CCOc1ccc(S(=O)(=O)Nc2ccc(NCC(C)C)nc2)cc1. The molecule has 0 radical (unpaired) electrons. The molecule has 0 aliphatic rings. The molecule has 0 saturated carbocycles. The Morgan fingerprint density at radius 2 is 1.83 bits per heavy atom. The zero-order valence-corrected chi connectivity index (χ0v) is 14.9. The van der Waals surface area contributed by atoms with Gasteiger partial charge in [0.1, 0.15) is 11.6 Å². The van der Waals surface area contributed by atoms with Gasteiger partial charge in [-0.2, -0.15) is 0 Å². The lowest BCUT2D eigenvalue weighted by Gasteiger charge is -2.11.